The molecule has 27 heavy (non-hydrogen) atoms. The maximum absolute atomic E-state index is 6.21. The van der Waals surface area contributed by atoms with Gasteiger partial charge in [0.25, 0.3) is 0 Å². The van der Waals surface area contributed by atoms with Gasteiger partial charge >= 0.3 is 0 Å². The molecule has 0 aromatic heterocycles. The molecule has 2 aliphatic rings. The Morgan fingerprint density at radius 1 is 0.630 bits per heavy atom. The number of hydrogen-bond acceptors (Lipinski definition) is 2. The molecule has 0 spiro atoms. The van der Waals surface area contributed by atoms with Crippen molar-refractivity contribution in [3.8, 4) is 0 Å². The monoisotopic (exact) mass is 412 g/mol. The highest BCUT2D eigenvalue weighted by Gasteiger charge is 2.27. The Hall–Kier alpha value is 0.0400. The van der Waals surface area contributed by atoms with E-state index in [1.165, 1.54) is 80.7 Å². The minimum absolute atomic E-state index is 0.938. The molecule has 4 N–H and O–H groups in total. The van der Waals surface area contributed by atoms with Crippen molar-refractivity contribution < 1.29 is 10.8 Å². The summed E-state index contributed by atoms with van der Waals surface area (Å²) in [6, 6.07) is 0. The molecule has 2 aliphatic carbocycles. The lowest BCUT2D eigenvalue weighted by molar-refractivity contribution is -0.119. The van der Waals surface area contributed by atoms with Gasteiger partial charge in [-0.15, -0.1) is 0 Å². The van der Waals surface area contributed by atoms with Crippen LogP contribution in [0.3, 0.4) is 0 Å². The van der Waals surface area contributed by atoms with E-state index in [4.69, 9.17) is 10.8 Å². The Balaban J connectivity index is 1.32. The van der Waals surface area contributed by atoms with Crippen LogP contribution in [-0.2, 0) is 0 Å². The van der Waals surface area contributed by atoms with Crippen molar-refractivity contribution in [1.82, 2.24) is 0 Å². The van der Waals surface area contributed by atoms with Gasteiger partial charge in [-0.2, -0.15) is 23.5 Å². The summed E-state index contributed by atoms with van der Waals surface area (Å²) in [4.78, 5) is 0. The smallest absolute Gasteiger partial charge is 0.149 e. The van der Waals surface area contributed by atoms with E-state index in [0.29, 0.717) is 0 Å². The highest BCUT2D eigenvalue weighted by molar-refractivity contribution is 8.00. The average molecular weight is 413 g/mol. The highest BCUT2D eigenvalue weighted by atomic mass is 32.2. The quantitative estimate of drug-likeness (QED) is 0.298. The van der Waals surface area contributed by atoms with Crippen LogP contribution < -0.4 is 10.8 Å². The number of thioether (sulfide) groups is 2. The summed E-state index contributed by atoms with van der Waals surface area (Å²) in [5, 5.41) is 14.3. The van der Waals surface area contributed by atoms with Crippen LogP contribution in [0, 0.1) is 11.8 Å². The van der Waals surface area contributed by atoms with Crippen molar-refractivity contribution in [3.05, 3.63) is 0 Å². The summed E-state index contributed by atoms with van der Waals surface area (Å²) in [6.07, 6.45) is 16.5. The van der Waals surface area contributed by atoms with Gasteiger partial charge in [0.1, 0.15) is 11.4 Å². The number of hydrogen-bond donors (Lipinski definition) is 2. The van der Waals surface area contributed by atoms with Crippen LogP contribution >= 0.6 is 23.5 Å². The van der Waals surface area contributed by atoms with Gasteiger partial charge in [0.05, 0.1) is 0 Å². The minimum atomic E-state index is 0.938. The van der Waals surface area contributed by atoms with Gasteiger partial charge in [-0.05, 0) is 74.7 Å². The molecule has 4 heteroatoms. The van der Waals surface area contributed by atoms with Gasteiger partial charge in [-0.25, -0.2) is 0 Å². The summed E-state index contributed by atoms with van der Waals surface area (Å²) in [5.41, 5.74) is 2.44. The molecule has 2 rings (SSSR count). The first kappa shape index (κ1) is 23.3. The molecule has 4 unspecified atom stereocenters. The first-order valence-corrected chi connectivity index (χ1v) is 13.6. The Kier molecular flexibility index (Phi) is 11.5. The molecular formula is C23H44N2S2+2. The lowest BCUT2D eigenvalue weighted by atomic mass is 9.87. The summed E-state index contributed by atoms with van der Waals surface area (Å²) in [6.45, 7) is 4.78. The maximum atomic E-state index is 6.21. The normalized spacial score (nSPS) is 27.0. The fraction of sp³-hybridized carbons (Fsp3) is 0.913. The lowest BCUT2D eigenvalue weighted by Gasteiger charge is -2.33. The minimum Gasteiger partial charge on any atom is -0.261 e. The second kappa shape index (κ2) is 13.3. The molecule has 0 heterocycles. The van der Waals surface area contributed by atoms with E-state index in [-0.39, 0.29) is 0 Å². The van der Waals surface area contributed by atoms with E-state index in [1.54, 1.807) is 0 Å². The van der Waals surface area contributed by atoms with Crippen LogP contribution in [0.25, 0.3) is 0 Å². The summed E-state index contributed by atoms with van der Waals surface area (Å²) in [7, 11) is 0. The highest BCUT2D eigenvalue weighted by Crippen LogP contribution is 2.38. The van der Waals surface area contributed by atoms with Crippen molar-refractivity contribution >= 4 is 34.9 Å². The molecule has 2 fully saturated rings. The predicted molar refractivity (Wildman–Crippen MR) is 125 cm³/mol. The molecule has 156 valence electrons. The molecule has 2 nitrogen and oxygen atoms in total. The van der Waals surface area contributed by atoms with Crippen molar-refractivity contribution in [2.24, 2.45) is 11.8 Å². The van der Waals surface area contributed by atoms with Crippen molar-refractivity contribution in [1.29, 1.82) is 0 Å². The fourth-order valence-corrected chi connectivity index (χ4v) is 6.73. The summed E-state index contributed by atoms with van der Waals surface area (Å²) in [5.74, 6) is 4.48. The third kappa shape index (κ3) is 9.39. The van der Waals surface area contributed by atoms with Crippen LogP contribution in [-0.4, -0.2) is 33.4 Å². The van der Waals surface area contributed by atoms with Gasteiger partial charge in [0.15, 0.2) is 0 Å². The van der Waals surface area contributed by atoms with Crippen molar-refractivity contribution in [2.45, 2.75) is 108 Å². The standard InChI is InChI=1S/C23H42N2S2/c1-18-12-14-22(18)26-16-6-10-20(24)8-4-3-5-9-21(25)11-7-17-27-23-15-13-19(23)2/h18-19,22-25H,3-17H2,1-2H3/p+2. The second-order valence-corrected chi connectivity index (χ2v) is 11.7. The third-order valence-electron chi connectivity index (χ3n) is 6.53. The van der Waals surface area contributed by atoms with Gasteiger partial charge in [0.2, 0.25) is 0 Å². The van der Waals surface area contributed by atoms with Crippen molar-refractivity contribution in [2.75, 3.05) is 11.5 Å². The largest absolute Gasteiger partial charge is 0.261 e. The molecule has 0 saturated heterocycles. The van der Waals surface area contributed by atoms with Gasteiger partial charge < -0.3 is 0 Å². The molecule has 2 saturated carbocycles. The second-order valence-electron chi connectivity index (χ2n) is 9.01. The van der Waals surface area contributed by atoms with Crippen LogP contribution in [0.1, 0.15) is 97.3 Å². The van der Waals surface area contributed by atoms with E-state index in [9.17, 15) is 0 Å². The Bertz CT molecular complexity index is 412. The van der Waals surface area contributed by atoms with Gasteiger partial charge in [-0.1, -0.05) is 20.3 Å². The zero-order valence-electron chi connectivity index (χ0n) is 17.9. The fourth-order valence-electron chi connectivity index (χ4n) is 3.97. The summed E-state index contributed by atoms with van der Waals surface area (Å²) < 4.78 is 0. The maximum Gasteiger partial charge on any atom is 0.149 e. The van der Waals surface area contributed by atoms with Crippen LogP contribution in [0.2, 0.25) is 0 Å². The van der Waals surface area contributed by atoms with Gasteiger partial charge in [0, 0.05) is 36.2 Å². The van der Waals surface area contributed by atoms with Crippen LogP contribution in [0.15, 0.2) is 0 Å². The molecule has 4 atom stereocenters. The number of nitrogens with two attached hydrogens (primary N) is 2. The number of unbranched alkanes of at least 4 members (excludes halogenated alkanes) is 2. The zero-order valence-corrected chi connectivity index (χ0v) is 19.5. The Labute approximate surface area is 176 Å². The van der Waals surface area contributed by atoms with E-state index < -0.39 is 0 Å². The summed E-state index contributed by atoms with van der Waals surface area (Å²) >= 11 is 4.35. The number of rotatable bonds is 16. The predicted octanol–water partition coefficient (Wildman–Crippen LogP) is 3.96. The Morgan fingerprint density at radius 2 is 1.04 bits per heavy atom. The van der Waals surface area contributed by atoms with Crippen LogP contribution in [0.5, 0.6) is 0 Å². The molecule has 0 amide bonds. The molecule has 0 aromatic rings. The zero-order chi connectivity index (χ0) is 19.5. The molecular weight excluding hydrogens is 368 g/mol. The van der Waals surface area contributed by atoms with E-state index in [1.807, 2.05) is 0 Å². The molecule has 0 aromatic carbocycles. The van der Waals surface area contributed by atoms with E-state index in [2.05, 4.69) is 37.4 Å². The molecule has 0 aliphatic heterocycles. The van der Waals surface area contributed by atoms with Gasteiger partial charge in [-0.3, -0.25) is 10.8 Å². The molecule has 0 radical (unpaired) electrons. The van der Waals surface area contributed by atoms with Crippen molar-refractivity contribution in [3.63, 3.8) is 0 Å². The first-order chi connectivity index (χ1) is 13.1. The lowest BCUT2D eigenvalue weighted by Crippen LogP contribution is -2.40. The van der Waals surface area contributed by atoms with E-state index in [0.717, 1.165) is 48.0 Å². The SMILES string of the molecule is CC1CCC1SCCCC(=[NH2+])CCCCCC(=[NH2+])CCCSC1CCC1C. The first-order valence-electron chi connectivity index (χ1n) is 11.5. The van der Waals surface area contributed by atoms with Crippen LogP contribution in [0.4, 0.5) is 0 Å². The topological polar surface area (TPSA) is 51.2 Å². The Morgan fingerprint density at radius 3 is 1.37 bits per heavy atom. The third-order valence-corrected chi connectivity index (χ3v) is 9.83. The van der Waals surface area contributed by atoms with E-state index >= 15 is 0 Å². The average Bonchev–Trinajstić information content (AvgIpc) is 2.64. The molecule has 0 bridgehead atoms.